The summed E-state index contributed by atoms with van der Waals surface area (Å²) >= 11 is 0. The van der Waals surface area contributed by atoms with E-state index in [-0.39, 0.29) is 17.7 Å². The first kappa shape index (κ1) is 14.7. The molecular weight excluding hydrogens is 276 g/mol. The first-order valence-corrected chi connectivity index (χ1v) is 7.90. The van der Waals surface area contributed by atoms with Crippen molar-refractivity contribution in [2.75, 3.05) is 6.54 Å². The minimum atomic E-state index is -0.266. The fourth-order valence-electron chi connectivity index (χ4n) is 3.19. The Morgan fingerprint density at radius 2 is 2.09 bits per heavy atom. The maximum atomic E-state index is 13.0. The highest BCUT2D eigenvalue weighted by molar-refractivity contribution is 6.07. The monoisotopic (exact) mass is 296 g/mol. The van der Waals surface area contributed by atoms with E-state index in [9.17, 15) is 9.59 Å². The van der Waals surface area contributed by atoms with Gasteiger partial charge in [-0.25, -0.2) is 0 Å². The zero-order valence-electron chi connectivity index (χ0n) is 12.8. The first-order valence-electron chi connectivity index (χ1n) is 7.90. The molecule has 4 nitrogen and oxygen atoms in total. The SMILES string of the molecule is CCC(=O)[C@@H]1CCCCN1C(=O)c1cccc2ncccc12. The van der Waals surface area contributed by atoms with Crippen LogP contribution in [0.1, 0.15) is 43.0 Å². The van der Waals surface area contributed by atoms with Gasteiger partial charge in [-0.05, 0) is 37.5 Å². The van der Waals surface area contributed by atoms with Crippen LogP contribution in [-0.2, 0) is 4.79 Å². The molecule has 0 unspecified atom stereocenters. The van der Waals surface area contributed by atoms with Gasteiger partial charge in [0.05, 0.1) is 11.6 Å². The van der Waals surface area contributed by atoms with Crippen LogP contribution in [0.4, 0.5) is 0 Å². The molecule has 0 spiro atoms. The second-order valence-corrected chi connectivity index (χ2v) is 5.71. The van der Waals surface area contributed by atoms with Gasteiger partial charge in [0.2, 0.25) is 0 Å². The second kappa shape index (κ2) is 6.26. The van der Waals surface area contributed by atoms with E-state index in [4.69, 9.17) is 0 Å². The van der Waals surface area contributed by atoms with Crippen LogP contribution in [0, 0.1) is 0 Å². The standard InChI is InChI=1S/C18H20N2O2/c1-2-17(21)16-10-3-4-12-20(16)18(22)14-7-5-9-15-13(14)8-6-11-19-15/h5-9,11,16H,2-4,10,12H2,1H3/t16-/m0/s1. The summed E-state index contributed by atoms with van der Waals surface area (Å²) in [5.74, 6) is 0.108. The Labute approximate surface area is 130 Å². The second-order valence-electron chi connectivity index (χ2n) is 5.71. The maximum absolute atomic E-state index is 13.0. The quantitative estimate of drug-likeness (QED) is 0.874. The molecular formula is C18H20N2O2. The molecule has 4 heteroatoms. The van der Waals surface area contributed by atoms with Crippen LogP contribution in [0.25, 0.3) is 10.9 Å². The molecule has 0 N–H and O–H groups in total. The third-order valence-corrected chi connectivity index (χ3v) is 4.36. The van der Waals surface area contributed by atoms with Gasteiger partial charge >= 0.3 is 0 Å². The molecule has 1 amide bonds. The van der Waals surface area contributed by atoms with Gasteiger partial charge in [0.25, 0.3) is 5.91 Å². The molecule has 0 bridgehead atoms. The summed E-state index contributed by atoms with van der Waals surface area (Å²) in [7, 11) is 0. The molecule has 0 aliphatic carbocycles. The number of amides is 1. The zero-order valence-corrected chi connectivity index (χ0v) is 12.8. The van der Waals surface area contributed by atoms with E-state index in [1.54, 1.807) is 11.1 Å². The van der Waals surface area contributed by atoms with E-state index in [2.05, 4.69) is 4.98 Å². The van der Waals surface area contributed by atoms with Crippen molar-refractivity contribution in [3.63, 3.8) is 0 Å². The number of hydrogen-bond donors (Lipinski definition) is 0. The predicted molar refractivity (Wildman–Crippen MR) is 85.7 cm³/mol. The molecule has 1 fully saturated rings. The fraction of sp³-hybridized carbons (Fsp3) is 0.389. The molecule has 2 heterocycles. The molecule has 1 atom stereocenters. The van der Waals surface area contributed by atoms with Crippen LogP contribution < -0.4 is 0 Å². The highest BCUT2D eigenvalue weighted by Gasteiger charge is 2.32. The van der Waals surface area contributed by atoms with E-state index in [1.807, 2.05) is 37.3 Å². The Morgan fingerprint density at radius 1 is 1.23 bits per heavy atom. The molecule has 3 rings (SSSR count). The number of aromatic nitrogens is 1. The summed E-state index contributed by atoms with van der Waals surface area (Å²) in [6.07, 6.45) is 4.95. The third-order valence-electron chi connectivity index (χ3n) is 4.36. The molecule has 0 radical (unpaired) electrons. The third kappa shape index (κ3) is 2.61. The van der Waals surface area contributed by atoms with Gasteiger partial charge in [0.15, 0.2) is 5.78 Å². The number of Topliss-reactive ketones (excluding diaryl/α,β-unsaturated/α-hetero) is 1. The summed E-state index contributed by atoms with van der Waals surface area (Å²) in [4.78, 5) is 31.2. The van der Waals surface area contributed by atoms with Crippen molar-refractivity contribution in [3.8, 4) is 0 Å². The van der Waals surface area contributed by atoms with Crippen LogP contribution in [0.5, 0.6) is 0 Å². The fourth-order valence-corrected chi connectivity index (χ4v) is 3.19. The van der Waals surface area contributed by atoms with Gasteiger partial charge in [-0.15, -0.1) is 0 Å². The molecule has 2 aromatic rings. The number of piperidine rings is 1. The number of benzene rings is 1. The van der Waals surface area contributed by atoms with Crippen molar-refractivity contribution in [3.05, 3.63) is 42.1 Å². The lowest BCUT2D eigenvalue weighted by Gasteiger charge is -2.35. The highest BCUT2D eigenvalue weighted by atomic mass is 16.2. The number of fused-ring (bicyclic) bond motifs is 1. The maximum Gasteiger partial charge on any atom is 0.255 e. The predicted octanol–water partition coefficient (Wildman–Crippen LogP) is 3.21. The number of carbonyl (C=O) groups is 2. The molecule has 22 heavy (non-hydrogen) atoms. The highest BCUT2D eigenvalue weighted by Crippen LogP contribution is 2.24. The number of ketones is 1. The zero-order chi connectivity index (χ0) is 15.5. The number of rotatable bonds is 3. The Hall–Kier alpha value is -2.23. The normalized spacial score (nSPS) is 18.4. The summed E-state index contributed by atoms with van der Waals surface area (Å²) < 4.78 is 0. The number of carbonyl (C=O) groups excluding carboxylic acids is 2. The molecule has 1 saturated heterocycles. The number of pyridine rings is 1. The van der Waals surface area contributed by atoms with E-state index >= 15 is 0 Å². The molecule has 0 saturated carbocycles. The summed E-state index contributed by atoms with van der Waals surface area (Å²) in [6.45, 7) is 2.52. The van der Waals surface area contributed by atoms with Crippen LogP contribution >= 0.6 is 0 Å². The van der Waals surface area contributed by atoms with Crippen molar-refractivity contribution in [1.82, 2.24) is 9.88 Å². The van der Waals surface area contributed by atoms with Gasteiger partial charge in [-0.1, -0.05) is 19.1 Å². The van der Waals surface area contributed by atoms with Crippen molar-refractivity contribution in [2.24, 2.45) is 0 Å². The van der Waals surface area contributed by atoms with Crippen molar-refractivity contribution >= 4 is 22.6 Å². The number of nitrogens with zero attached hydrogens (tertiary/aromatic N) is 2. The van der Waals surface area contributed by atoms with Gasteiger partial charge in [-0.3, -0.25) is 14.6 Å². The Kier molecular flexibility index (Phi) is 4.18. The summed E-state index contributed by atoms with van der Waals surface area (Å²) in [6, 6.07) is 9.06. The van der Waals surface area contributed by atoms with Gasteiger partial charge in [0.1, 0.15) is 0 Å². The largest absolute Gasteiger partial charge is 0.329 e. The minimum Gasteiger partial charge on any atom is -0.329 e. The molecule has 1 aromatic carbocycles. The molecule has 1 aliphatic heterocycles. The molecule has 1 aliphatic rings. The molecule has 1 aromatic heterocycles. The van der Waals surface area contributed by atoms with Crippen LogP contribution in [0.3, 0.4) is 0 Å². The lowest BCUT2D eigenvalue weighted by atomic mass is 9.95. The van der Waals surface area contributed by atoms with E-state index in [0.29, 0.717) is 18.5 Å². The molecule has 114 valence electrons. The van der Waals surface area contributed by atoms with Crippen molar-refractivity contribution in [1.29, 1.82) is 0 Å². The lowest BCUT2D eigenvalue weighted by molar-refractivity contribution is -0.124. The number of likely N-dealkylation sites (tertiary alicyclic amines) is 1. The van der Waals surface area contributed by atoms with Gasteiger partial charge in [0, 0.05) is 30.1 Å². The Balaban J connectivity index is 1.99. The average molecular weight is 296 g/mol. The number of hydrogen-bond acceptors (Lipinski definition) is 3. The van der Waals surface area contributed by atoms with E-state index in [0.717, 1.165) is 30.2 Å². The summed E-state index contributed by atoms with van der Waals surface area (Å²) in [5, 5.41) is 0.850. The minimum absolute atomic E-state index is 0.0508. The smallest absolute Gasteiger partial charge is 0.255 e. The van der Waals surface area contributed by atoms with Crippen LogP contribution in [-0.4, -0.2) is 34.2 Å². The average Bonchev–Trinajstić information content (AvgIpc) is 2.60. The van der Waals surface area contributed by atoms with Crippen LogP contribution in [0.15, 0.2) is 36.5 Å². The first-order chi connectivity index (χ1) is 10.7. The Bertz CT molecular complexity index is 706. The summed E-state index contributed by atoms with van der Waals surface area (Å²) in [5.41, 5.74) is 1.45. The van der Waals surface area contributed by atoms with E-state index in [1.165, 1.54) is 0 Å². The van der Waals surface area contributed by atoms with Crippen molar-refractivity contribution < 1.29 is 9.59 Å². The lowest BCUT2D eigenvalue weighted by Crippen LogP contribution is -2.47. The van der Waals surface area contributed by atoms with Gasteiger partial charge in [-0.2, -0.15) is 0 Å². The van der Waals surface area contributed by atoms with Crippen LogP contribution in [0.2, 0.25) is 0 Å². The Morgan fingerprint density at radius 3 is 2.91 bits per heavy atom. The topological polar surface area (TPSA) is 50.3 Å². The van der Waals surface area contributed by atoms with Gasteiger partial charge < -0.3 is 4.90 Å². The van der Waals surface area contributed by atoms with Crippen molar-refractivity contribution in [2.45, 2.75) is 38.6 Å². The van der Waals surface area contributed by atoms with E-state index < -0.39 is 0 Å².